The first kappa shape index (κ1) is 14.4. The maximum atomic E-state index is 8.43. The Morgan fingerprint density at radius 3 is 2.58 bits per heavy atom. The van der Waals surface area contributed by atoms with E-state index in [9.17, 15) is 0 Å². The van der Waals surface area contributed by atoms with Crippen LogP contribution in [0.3, 0.4) is 0 Å². The van der Waals surface area contributed by atoms with Crippen molar-refractivity contribution in [1.82, 2.24) is 0 Å². The van der Waals surface area contributed by atoms with Crippen molar-refractivity contribution in [3.8, 4) is 6.07 Å². The topological polar surface area (TPSA) is 23.8 Å². The zero-order valence-electron chi connectivity index (χ0n) is 12.1. The molecule has 0 aromatic carbocycles. The van der Waals surface area contributed by atoms with E-state index in [4.69, 9.17) is 5.26 Å². The number of unbranched alkanes of at least 4 members (excludes halogenated alkanes) is 6. The minimum atomic E-state index is 0.734. The first-order chi connectivity index (χ1) is 9.40. The monoisotopic (exact) mass is 257 g/mol. The molecule has 1 fully saturated rings. The summed E-state index contributed by atoms with van der Waals surface area (Å²) in [5.41, 5.74) is 0. The Bertz CT molecular complexity index is 347. The summed E-state index contributed by atoms with van der Waals surface area (Å²) in [7, 11) is 0. The molecule has 2 bridgehead atoms. The SMILES string of the molecule is N#CCCCCCCCC=CCC1CC2C=CC1C2. The van der Waals surface area contributed by atoms with E-state index < -0.39 is 0 Å². The van der Waals surface area contributed by atoms with Crippen molar-refractivity contribution in [2.24, 2.45) is 17.8 Å². The maximum Gasteiger partial charge on any atom is 0.0621 e. The Balaban J connectivity index is 1.42. The molecule has 0 aliphatic heterocycles. The second kappa shape index (κ2) is 8.20. The summed E-state index contributed by atoms with van der Waals surface area (Å²) in [5, 5.41) is 8.43. The quantitative estimate of drug-likeness (QED) is 0.401. The Morgan fingerprint density at radius 2 is 1.84 bits per heavy atom. The average Bonchev–Trinajstić information content (AvgIpc) is 3.03. The molecule has 0 heterocycles. The van der Waals surface area contributed by atoms with Gasteiger partial charge in [-0.3, -0.25) is 0 Å². The maximum absolute atomic E-state index is 8.43. The van der Waals surface area contributed by atoms with Crippen LogP contribution in [0, 0.1) is 29.1 Å². The Hall–Kier alpha value is -1.03. The van der Waals surface area contributed by atoms with Crippen LogP contribution in [0.2, 0.25) is 0 Å². The molecule has 1 heteroatoms. The van der Waals surface area contributed by atoms with Crippen molar-refractivity contribution in [1.29, 1.82) is 5.26 Å². The van der Waals surface area contributed by atoms with Crippen molar-refractivity contribution >= 4 is 0 Å². The van der Waals surface area contributed by atoms with Crippen LogP contribution in [0.1, 0.15) is 64.2 Å². The number of fused-ring (bicyclic) bond motifs is 2. The molecular formula is C18H27N. The number of rotatable bonds is 9. The van der Waals surface area contributed by atoms with Crippen LogP contribution >= 0.6 is 0 Å². The van der Waals surface area contributed by atoms with Gasteiger partial charge in [-0.15, -0.1) is 0 Å². The first-order valence-corrected chi connectivity index (χ1v) is 8.10. The lowest BCUT2D eigenvalue weighted by molar-refractivity contribution is 0.453. The van der Waals surface area contributed by atoms with Gasteiger partial charge in [-0.1, -0.05) is 43.6 Å². The molecule has 0 amide bonds. The summed E-state index contributed by atoms with van der Waals surface area (Å²) in [4.78, 5) is 0. The highest BCUT2D eigenvalue weighted by Crippen LogP contribution is 2.44. The van der Waals surface area contributed by atoms with E-state index in [1.165, 1.54) is 51.4 Å². The van der Waals surface area contributed by atoms with Gasteiger partial charge in [0.2, 0.25) is 0 Å². The zero-order valence-corrected chi connectivity index (χ0v) is 12.1. The van der Waals surface area contributed by atoms with Crippen LogP contribution in [-0.4, -0.2) is 0 Å². The Morgan fingerprint density at radius 1 is 1.00 bits per heavy atom. The normalized spacial score (nSPS) is 28.3. The fourth-order valence-corrected chi connectivity index (χ4v) is 3.55. The molecule has 0 spiro atoms. The number of hydrogen-bond donors (Lipinski definition) is 0. The summed E-state index contributed by atoms with van der Waals surface area (Å²) in [6.07, 6.45) is 22.1. The van der Waals surface area contributed by atoms with Crippen LogP contribution < -0.4 is 0 Å². The van der Waals surface area contributed by atoms with E-state index in [0.29, 0.717) is 0 Å². The van der Waals surface area contributed by atoms with Gasteiger partial charge in [0.15, 0.2) is 0 Å². The second-order valence-electron chi connectivity index (χ2n) is 6.21. The third kappa shape index (κ3) is 4.86. The molecule has 104 valence electrons. The van der Waals surface area contributed by atoms with E-state index in [0.717, 1.165) is 30.6 Å². The second-order valence-corrected chi connectivity index (χ2v) is 6.21. The molecule has 3 atom stereocenters. The lowest BCUT2D eigenvalue weighted by Gasteiger charge is -2.15. The minimum absolute atomic E-state index is 0.734. The lowest BCUT2D eigenvalue weighted by Crippen LogP contribution is -2.04. The zero-order chi connectivity index (χ0) is 13.3. The third-order valence-corrected chi connectivity index (χ3v) is 4.68. The number of nitrogens with zero attached hydrogens (tertiary/aromatic N) is 1. The molecule has 2 aliphatic rings. The van der Waals surface area contributed by atoms with Gasteiger partial charge in [0.1, 0.15) is 0 Å². The van der Waals surface area contributed by atoms with Gasteiger partial charge in [0, 0.05) is 6.42 Å². The average molecular weight is 257 g/mol. The van der Waals surface area contributed by atoms with Gasteiger partial charge in [0.25, 0.3) is 0 Å². The molecule has 0 saturated heterocycles. The van der Waals surface area contributed by atoms with Crippen LogP contribution in [0.5, 0.6) is 0 Å². The van der Waals surface area contributed by atoms with Crippen LogP contribution in [0.25, 0.3) is 0 Å². The lowest BCUT2D eigenvalue weighted by atomic mass is 9.90. The standard InChI is InChI=1S/C18H27N/c19-13-9-7-5-3-1-2-4-6-8-10-17-14-16-11-12-18(17)15-16/h6,8,11-12,16-18H,1-5,7,9-10,14-15H2. The number of hydrogen-bond acceptors (Lipinski definition) is 1. The smallest absolute Gasteiger partial charge is 0.0621 e. The summed E-state index contributed by atoms with van der Waals surface area (Å²) in [5.74, 6) is 2.75. The predicted molar refractivity (Wildman–Crippen MR) is 80.5 cm³/mol. The molecule has 3 unspecified atom stereocenters. The van der Waals surface area contributed by atoms with E-state index in [1.807, 2.05) is 0 Å². The summed E-state index contributed by atoms with van der Waals surface area (Å²) >= 11 is 0. The largest absolute Gasteiger partial charge is 0.198 e. The van der Waals surface area contributed by atoms with Gasteiger partial charge in [-0.25, -0.2) is 0 Å². The highest BCUT2D eigenvalue weighted by Gasteiger charge is 2.34. The van der Waals surface area contributed by atoms with Gasteiger partial charge >= 0.3 is 0 Å². The van der Waals surface area contributed by atoms with E-state index in [2.05, 4.69) is 30.4 Å². The molecule has 2 aliphatic carbocycles. The van der Waals surface area contributed by atoms with Crippen LogP contribution in [0.15, 0.2) is 24.3 Å². The van der Waals surface area contributed by atoms with Gasteiger partial charge in [0.05, 0.1) is 6.07 Å². The molecule has 2 rings (SSSR count). The Kier molecular flexibility index (Phi) is 6.21. The third-order valence-electron chi connectivity index (χ3n) is 4.68. The molecule has 0 N–H and O–H groups in total. The van der Waals surface area contributed by atoms with Crippen molar-refractivity contribution in [2.45, 2.75) is 64.2 Å². The predicted octanol–water partition coefficient (Wildman–Crippen LogP) is 5.40. The first-order valence-electron chi connectivity index (χ1n) is 8.10. The van der Waals surface area contributed by atoms with Crippen LogP contribution in [-0.2, 0) is 0 Å². The fraction of sp³-hybridized carbons (Fsp3) is 0.722. The molecular weight excluding hydrogens is 230 g/mol. The highest BCUT2D eigenvalue weighted by molar-refractivity contribution is 5.11. The Labute approximate surface area is 118 Å². The molecule has 0 aromatic rings. The number of nitriles is 1. The van der Waals surface area contributed by atoms with Crippen LogP contribution in [0.4, 0.5) is 0 Å². The summed E-state index contributed by atoms with van der Waals surface area (Å²) in [6.45, 7) is 0. The molecule has 0 radical (unpaired) electrons. The summed E-state index contributed by atoms with van der Waals surface area (Å²) < 4.78 is 0. The van der Waals surface area contributed by atoms with E-state index in [-0.39, 0.29) is 0 Å². The van der Waals surface area contributed by atoms with Gasteiger partial charge < -0.3 is 0 Å². The molecule has 19 heavy (non-hydrogen) atoms. The molecule has 1 nitrogen and oxygen atoms in total. The van der Waals surface area contributed by atoms with Gasteiger partial charge in [-0.2, -0.15) is 5.26 Å². The summed E-state index contributed by atoms with van der Waals surface area (Å²) in [6, 6.07) is 2.21. The molecule has 0 aromatic heterocycles. The number of allylic oxidation sites excluding steroid dienone is 4. The highest BCUT2D eigenvalue weighted by atomic mass is 14.4. The van der Waals surface area contributed by atoms with E-state index in [1.54, 1.807) is 0 Å². The van der Waals surface area contributed by atoms with Crippen molar-refractivity contribution in [3.05, 3.63) is 24.3 Å². The minimum Gasteiger partial charge on any atom is -0.198 e. The van der Waals surface area contributed by atoms with Crippen molar-refractivity contribution in [3.63, 3.8) is 0 Å². The van der Waals surface area contributed by atoms with Gasteiger partial charge in [-0.05, 0) is 56.3 Å². The van der Waals surface area contributed by atoms with E-state index >= 15 is 0 Å². The van der Waals surface area contributed by atoms with Crippen molar-refractivity contribution < 1.29 is 0 Å². The molecule has 1 saturated carbocycles. The fourth-order valence-electron chi connectivity index (χ4n) is 3.55. The van der Waals surface area contributed by atoms with Crippen molar-refractivity contribution in [2.75, 3.05) is 0 Å².